The topological polar surface area (TPSA) is 121 Å². The van der Waals surface area contributed by atoms with Crippen LogP contribution in [-0.2, 0) is 16.2 Å². The van der Waals surface area contributed by atoms with Gasteiger partial charge in [-0.25, -0.2) is 0 Å². The highest BCUT2D eigenvalue weighted by molar-refractivity contribution is 6.06. The van der Waals surface area contributed by atoms with Gasteiger partial charge in [0.25, 0.3) is 11.6 Å². The standard InChI is InChI=1S/C24H25N5O5/c1-5-28-13-21(16(4)26-28)22-12-23(34-27-22)24(30)25-17-9-18(29(31)32)11-20(10-17)33-19-7-14(2)6-15(3)8-19/h6-11,13,23H,5,12H2,1-4H3,(H,25,30). The smallest absolute Gasteiger partial charge is 0.275 e. The van der Waals surface area contributed by atoms with Crippen molar-refractivity contribution >= 4 is 23.0 Å². The maximum absolute atomic E-state index is 12.8. The van der Waals surface area contributed by atoms with Gasteiger partial charge in [0.15, 0.2) is 0 Å². The van der Waals surface area contributed by atoms with Crippen molar-refractivity contribution in [2.45, 2.75) is 46.8 Å². The van der Waals surface area contributed by atoms with Gasteiger partial charge in [-0.05, 0) is 51.0 Å². The second-order valence-corrected chi connectivity index (χ2v) is 8.21. The zero-order chi connectivity index (χ0) is 24.4. The van der Waals surface area contributed by atoms with Gasteiger partial charge in [0, 0.05) is 36.9 Å². The molecule has 0 saturated heterocycles. The van der Waals surface area contributed by atoms with Gasteiger partial charge in [0.1, 0.15) is 11.5 Å². The molecule has 1 aromatic heterocycles. The van der Waals surface area contributed by atoms with Crippen molar-refractivity contribution < 1.29 is 19.3 Å². The molecular weight excluding hydrogens is 438 g/mol. The Hall–Kier alpha value is -4.21. The summed E-state index contributed by atoms with van der Waals surface area (Å²) in [5.41, 5.74) is 4.30. The monoisotopic (exact) mass is 463 g/mol. The summed E-state index contributed by atoms with van der Waals surface area (Å²) in [5.74, 6) is 0.328. The Kier molecular flexibility index (Phi) is 6.31. The van der Waals surface area contributed by atoms with E-state index in [-0.39, 0.29) is 23.5 Å². The zero-order valence-electron chi connectivity index (χ0n) is 19.4. The van der Waals surface area contributed by atoms with Crippen LogP contribution in [-0.4, -0.2) is 32.4 Å². The lowest BCUT2D eigenvalue weighted by Gasteiger charge is -2.12. The molecule has 1 N–H and O–H groups in total. The number of nitrogens with one attached hydrogen (secondary N) is 1. The van der Waals surface area contributed by atoms with Crippen LogP contribution in [0.2, 0.25) is 0 Å². The van der Waals surface area contributed by atoms with Gasteiger partial charge in [0.05, 0.1) is 28.1 Å². The molecule has 0 aliphatic carbocycles. The molecule has 0 bridgehead atoms. The van der Waals surface area contributed by atoms with Gasteiger partial charge in [-0.3, -0.25) is 19.6 Å². The number of carbonyl (C=O) groups excluding carboxylic acids is 1. The molecule has 1 aliphatic rings. The lowest BCUT2D eigenvalue weighted by Crippen LogP contribution is -2.28. The number of non-ortho nitro benzene ring substituents is 1. The minimum absolute atomic E-state index is 0.205. The van der Waals surface area contributed by atoms with Crippen LogP contribution >= 0.6 is 0 Å². The lowest BCUT2D eigenvalue weighted by molar-refractivity contribution is -0.384. The van der Waals surface area contributed by atoms with E-state index in [1.807, 2.05) is 52.1 Å². The Balaban J connectivity index is 1.50. The Morgan fingerprint density at radius 2 is 1.88 bits per heavy atom. The Labute approximate surface area is 196 Å². The second-order valence-electron chi connectivity index (χ2n) is 8.21. The molecule has 1 aliphatic heterocycles. The molecular formula is C24H25N5O5. The molecule has 2 heterocycles. The number of benzene rings is 2. The third kappa shape index (κ3) is 5.06. The lowest BCUT2D eigenvalue weighted by atomic mass is 10.1. The average Bonchev–Trinajstić information content (AvgIpc) is 3.39. The van der Waals surface area contributed by atoms with Gasteiger partial charge < -0.3 is 14.9 Å². The summed E-state index contributed by atoms with van der Waals surface area (Å²) in [6.07, 6.45) is 1.28. The predicted octanol–water partition coefficient (Wildman–Crippen LogP) is 4.66. The van der Waals surface area contributed by atoms with Gasteiger partial charge in [-0.1, -0.05) is 11.2 Å². The number of nitro benzene ring substituents is 1. The fourth-order valence-corrected chi connectivity index (χ4v) is 3.81. The molecule has 10 nitrogen and oxygen atoms in total. The fourth-order valence-electron chi connectivity index (χ4n) is 3.81. The number of nitrogens with zero attached hydrogens (tertiary/aromatic N) is 4. The number of aryl methyl sites for hydroxylation is 4. The first kappa shape index (κ1) is 23.0. The van der Waals surface area contributed by atoms with Crippen LogP contribution in [0, 0.1) is 30.9 Å². The molecule has 10 heteroatoms. The predicted molar refractivity (Wildman–Crippen MR) is 126 cm³/mol. The SMILES string of the molecule is CCn1cc(C2=NOC(C(=O)Nc3cc(Oc4cc(C)cc(C)c4)cc([N+](=O)[O-])c3)C2)c(C)n1. The molecule has 0 spiro atoms. The molecule has 0 fully saturated rings. The fraction of sp³-hybridized carbons (Fsp3) is 0.292. The van der Waals surface area contributed by atoms with Crippen molar-refractivity contribution in [3.63, 3.8) is 0 Å². The van der Waals surface area contributed by atoms with Crippen molar-refractivity contribution in [1.29, 1.82) is 0 Å². The normalized spacial score (nSPS) is 14.9. The first-order valence-corrected chi connectivity index (χ1v) is 10.9. The highest BCUT2D eigenvalue weighted by Gasteiger charge is 2.31. The van der Waals surface area contributed by atoms with Crippen LogP contribution in [0.4, 0.5) is 11.4 Å². The van der Waals surface area contributed by atoms with E-state index in [2.05, 4.69) is 15.6 Å². The number of oxime groups is 1. The number of carbonyl (C=O) groups is 1. The van der Waals surface area contributed by atoms with Crippen molar-refractivity contribution in [3.8, 4) is 11.5 Å². The van der Waals surface area contributed by atoms with E-state index in [9.17, 15) is 14.9 Å². The van der Waals surface area contributed by atoms with E-state index in [1.165, 1.54) is 18.2 Å². The largest absolute Gasteiger partial charge is 0.457 e. The molecule has 0 radical (unpaired) electrons. The van der Waals surface area contributed by atoms with E-state index >= 15 is 0 Å². The molecule has 2 aromatic carbocycles. The van der Waals surface area contributed by atoms with Crippen molar-refractivity contribution in [2.75, 3.05) is 5.32 Å². The Morgan fingerprint density at radius 1 is 1.18 bits per heavy atom. The molecule has 1 amide bonds. The summed E-state index contributed by atoms with van der Waals surface area (Å²) in [4.78, 5) is 29.1. The number of amides is 1. The maximum Gasteiger partial charge on any atom is 0.275 e. The highest BCUT2D eigenvalue weighted by Crippen LogP contribution is 2.31. The van der Waals surface area contributed by atoms with Crippen molar-refractivity contribution in [3.05, 3.63) is 75.1 Å². The van der Waals surface area contributed by atoms with E-state index in [1.54, 1.807) is 4.68 Å². The summed E-state index contributed by atoms with van der Waals surface area (Å²) in [5, 5.41) is 22.6. The highest BCUT2D eigenvalue weighted by atomic mass is 16.6. The van der Waals surface area contributed by atoms with Gasteiger partial charge in [0.2, 0.25) is 6.10 Å². The van der Waals surface area contributed by atoms with Crippen LogP contribution in [0.25, 0.3) is 0 Å². The average molecular weight is 463 g/mol. The quantitative estimate of drug-likeness (QED) is 0.402. The summed E-state index contributed by atoms with van der Waals surface area (Å²) in [6, 6.07) is 9.79. The van der Waals surface area contributed by atoms with Crippen molar-refractivity contribution in [1.82, 2.24) is 9.78 Å². The number of rotatable bonds is 7. The summed E-state index contributed by atoms with van der Waals surface area (Å²) < 4.78 is 7.65. The van der Waals surface area contributed by atoms with E-state index in [0.717, 1.165) is 28.9 Å². The number of nitro groups is 1. The third-order valence-electron chi connectivity index (χ3n) is 5.34. The maximum atomic E-state index is 12.8. The third-order valence-corrected chi connectivity index (χ3v) is 5.34. The van der Waals surface area contributed by atoms with E-state index in [0.29, 0.717) is 11.5 Å². The molecule has 3 aromatic rings. The molecule has 1 atom stereocenters. The van der Waals surface area contributed by atoms with Gasteiger partial charge in [-0.15, -0.1) is 0 Å². The number of ether oxygens (including phenoxy) is 1. The number of hydrogen-bond acceptors (Lipinski definition) is 7. The summed E-state index contributed by atoms with van der Waals surface area (Å²) in [7, 11) is 0. The molecule has 1 unspecified atom stereocenters. The van der Waals surface area contributed by atoms with E-state index in [4.69, 9.17) is 9.57 Å². The molecule has 0 saturated carbocycles. The minimum Gasteiger partial charge on any atom is -0.457 e. The van der Waals surface area contributed by atoms with Crippen LogP contribution in [0.5, 0.6) is 11.5 Å². The van der Waals surface area contributed by atoms with Gasteiger partial charge >= 0.3 is 0 Å². The second kappa shape index (κ2) is 9.34. The Morgan fingerprint density at radius 3 is 2.53 bits per heavy atom. The Bertz CT molecular complexity index is 1280. The summed E-state index contributed by atoms with van der Waals surface area (Å²) >= 11 is 0. The van der Waals surface area contributed by atoms with E-state index < -0.39 is 16.9 Å². The number of hydrogen-bond donors (Lipinski definition) is 1. The molecule has 34 heavy (non-hydrogen) atoms. The number of anilines is 1. The molecule has 4 rings (SSSR count). The zero-order valence-corrected chi connectivity index (χ0v) is 19.4. The molecule has 176 valence electrons. The van der Waals surface area contributed by atoms with Crippen LogP contribution in [0.1, 0.15) is 35.7 Å². The van der Waals surface area contributed by atoms with Crippen molar-refractivity contribution in [2.24, 2.45) is 5.16 Å². The number of aromatic nitrogens is 2. The first-order valence-electron chi connectivity index (χ1n) is 10.9. The van der Waals surface area contributed by atoms with Crippen LogP contribution in [0.3, 0.4) is 0 Å². The summed E-state index contributed by atoms with van der Waals surface area (Å²) in [6.45, 7) is 8.45. The first-order chi connectivity index (χ1) is 16.2. The van der Waals surface area contributed by atoms with Crippen LogP contribution < -0.4 is 10.1 Å². The van der Waals surface area contributed by atoms with Gasteiger partial charge in [-0.2, -0.15) is 5.10 Å². The van der Waals surface area contributed by atoms with Crippen LogP contribution in [0.15, 0.2) is 47.8 Å². The minimum atomic E-state index is -0.859.